The Labute approximate surface area is 102 Å². The van der Waals surface area contributed by atoms with E-state index in [9.17, 15) is 4.39 Å². The molecule has 1 heterocycles. The zero-order valence-corrected chi connectivity index (χ0v) is 10.5. The normalized spacial score (nSPS) is 20.9. The summed E-state index contributed by atoms with van der Waals surface area (Å²) >= 11 is 9.17. The topological polar surface area (TPSA) is 12.0 Å². The Kier molecular flexibility index (Phi) is 3.65. The molecule has 0 aliphatic carbocycles. The van der Waals surface area contributed by atoms with E-state index >= 15 is 0 Å². The third-order valence-electron chi connectivity index (χ3n) is 2.72. The first-order valence-corrected chi connectivity index (χ1v) is 6.20. The number of benzene rings is 1. The first-order chi connectivity index (χ1) is 7.16. The summed E-state index contributed by atoms with van der Waals surface area (Å²) < 4.78 is 13.6. The maximum Gasteiger partial charge on any atom is 0.138 e. The van der Waals surface area contributed by atoms with Crippen molar-refractivity contribution in [3.63, 3.8) is 0 Å². The van der Waals surface area contributed by atoms with Gasteiger partial charge < -0.3 is 5.32 Å². The zero-order valence-electron chi connectivity index (χ0n) is 8.19. The molecule has 1 aliphatic heterocycles. The summed E-state index contributed by atoms with van der Waals surface area (Å²) in [5, 5.41) is 3.92. The third kappa shape index (κ3) is 2.71. The van der Waals surface area contributed by atoms with Crippen LogP contribution in [0.25, 0.3) is 0 Å². The molecule has 1 aromatic carbocycles. The summed E-state index contributed by atoms with van der Waals surface area (Å²) in [5.41, 5.74) is 1.00. The minimum atomic E-state index is -0.303. The quantitative estimate of drug-likeness (QED) is 0.822. The molecular formula is C11H12BrClFN. The maximum atomic E-state index is 13.1. The fraction of sp³-hybridized carbons (Fsp3) is 0.455. The van der Waals surface area contributed by atoms with Gasteiger partial charge in [-0.1, -0.05) is 11.6 Å². The third-order valence-corrected chi connectivity index (χ3v) is 3.68. The second-order valence-corrected chi connectivity index (χ2v) is 5.12. The summed E-state index contributed by atoms with van der Waals surface area (Å²) in [6, 6.07) is 3.63. The lowest BCUT2D eigenvalue weighted by molar-refractivity contribution is 0.597. The largest absolute Gasteiger partial charge is 0.314 e. The van der Waals surface area contributed by atoms with Crippen LogP contribution in [0.3, 0.4) is 0 Å². The monoisotopic (exact) mass is 291 g/mol. The van der Waals surface area contributed by atoms with Crippen molar-refractivity contribution in [3.8, 4) is 0 Å². The van der Waals surface area contributed by atoms with E-state index in [0.29, 0.717) is 15.5 Å². The van der Waals surface area contributed by atoms with Crippen LogP contribution in [-0.2, 0) is 6.42 Å². The molecule has 1 unspecified atom stereocenters. The number of rotatable bonds is 2. The summed E-state index contributed by atoms with van der Waals surface area (Å²) in [7, 11) is 0. The lowest BCUT2D eigenvalue weighted by Gasteiger charge is -2.12. The van der Waals surface area contributed by atoms with Gasteiger partial charge in [0, 0.05) is 11.1 Å². The minimum Gasteiger partial charge on any atom is -0.314 e. The van der Waals surface area contributed by atoms with Crippen LogP contribution in [0.1, 0.15) is 18.4 Å². The number of hydrogen-bond acceptors (Lipinski definition) is 1. The molecule has 1 nitrogen and oxygen atoms in total. The minimum absolute atomic E-state index is 0.303. The van der Waals surface area contributed by atoms with Gasteiger partial charge in [0.05, 0.1) is 4.47 Å². The maximum absolute atomic E-state index is 13.1. The number of halogens is 3. The highest BCUT2D eigenvalue weighted by molar-refractivity contribution is 9.10. The van der Waals surface area contributed by atoms with Crippen LogP contribution in [-0.4, -0.2) is 12.6 Å². The summed E-state index contributed by atoms with van der Waals surface area (Å²) in [5.74, 6) is -0.303. The summed E-state index contributed by atoms with van der Waals surface area (Å²) in [4.78, 5) is 0. The van der Waals surface area contributed by atoms with Gasteiger partial charge >= 0.3 is 0 Å². The highest BCUT2D eigenvalue weighted by atomic mass is 79.9. The second kappa shape index (κ2) is 4.81. The summed E-state index contributed by atoms with van der Waals surface area (Å²) in [6.45, 7) is 1.07. The van der Waals surface area contributed by atoms with Crippen molar-refractivity contribution in [2.45, 2.75) is 25.3 Å². The van der Waals surface area contributed by atoms with Crippen molar-refractivity contribution < 1.29 is 4.39 Å². The van der Waals surface area contributed by atoms with Crippen LogP contribution < -0.4 is 5.32 Å². The Balaban J connectivity index is 2.16. The van der Waals surface area contributed by atoms with E-state index in [1.165, 1.54) is 18.9 Å². The van der Waals surface area contributed by atoms with Crippen molar-refractivity contribution in [3.05, 3.63) is 33.0 Å². The Bertz CT molecular complexity index is 364. The molecule has 1 saturated heterocycles. The molecule has 0 radical (unpaired) electrons. The lowest BCUT2D eigenvalue weighted by atomic mass is 10.0. The van der Waals surface area contributed by atoms with Crippen LogP contribution in [0.2, 0.25) is 5.02 Å². The fourth-order valence-electron chi connectivity index (χ4n) is 1.92. The van der Waals surface area contributed by atoms with E-state index in [1.54, 1.807) is 6.07 Å². The average Bonchev–Trinajstić information content (AvgIpc) is 2.67. The van der Waals surface area contributed by atoms with Crippen molar-refractivity contribution in [2.24, 2.45) is 0 Å². The molecule has 0 spiro atoms. The van der Waals surface area contributed by atoms with E-state index in [0.717, 1.165) is 18.5 Å². The molecule has 2 rings (SSSR count). The van der Waals surface area contributed by atoms with Gasteiger partial charge in [-0.05, 0) is 59.4 Å². The molecule has 0 aromatic heterocycles. The molecule has 15 heavy (non-hydrogen) atoms. The van der Waals surface area contributed by atoms with E-state index < -0.39 is 0 Å². The van der Waals surface area contributed by atoms with Crippen molar-refractivity contribution in [1.29, 1.82) is 0 Å². The van der Waals surface area contributed by atoms with Gasteiger partial charge in [-0.2, -0.15) is 0 Å². The molecule has 1 aliphatic rings. The van der Waals surface area contributed by atoms with Gasteiger partial charge in [0.25, 0.3) is 0 Å². The SMILES string of the molecule is Fc1cc(Cl)c(CC2CCCN2)cc1Br. The van der Waals surface area contributed by atoms with Crippen LogP contribution >= 0.6 is 27.5 Å². The lowest BCUT2D eigenvalue weighted by Crippen LogP contribution is -2.23. The zero-order chi connectivity index (χ0) is 10.8. The van der Waals surface area contributed by atoms with E-state index in [-0.39, 0.29) is 5.82 Å². The molecule has 4 heteroatoms. The van der Waals surface area contributed by atoms with Gasteiger partial charge in [-0.3, -0.25) is 0 Å². The van der Waals surface area contributed by atoms with Crippen LogP contribution in [0.4, 0.5) is 4.39 Å². The van der Waals surface area contributed by atoms with Crippen molar-refractivity contribution in [2.75, 3.05) is 6.54 Å². The number of nitrogens with one attached hydrogen (secondary N) is 1. The highest BCUT2D eigenvalue weighted by Gasteiger charge is 2.16. The van der Waals surface area contributed by atoms with Gasteiger partial charge in [0.2, 0.25) is 0 Å². The smallest absolute Gasteiger partial charge is 0.138 e. The molecule has 0 amide bonds. The van der Waals surface area contributed by atoms with Crippen molar-refractivity contribution >= 4 is 27.5 Å². The van der Waals surface area contributed by atoms with Gasteiger partial charge in [0.15, 0.2) is 0 Å². The van der Waals surface area contributed by atoms with E-state index in [1.807, 2.05) is 0 Å². The molecular weight excluding hydrogens is 280 g/mol. The van der Waals surface area contributed by atoms with E-state index in [2.05, 4.69) is 21.2 Å². The molecule has 1 aromatic rings. The first kappa shape index (κ1) is 11.4. The van der Waals surface area contributed by atoms with Crippen LogP contribution in [0, 0.1) is 5.82 Å². The van der Waals surface area contributed by atoms with Gasteiger partial charge in [0.1, 0.15) is 5.82 Å². The molecule has 0 saturated carbocycles. The predicted octanol–water partition coefficient (Wildman–Crippen LogP) is 3.54. The first-order valence-electron chi connectivity index (χ1n) is 5.03. The Hall–Kier alpha value is -0.120. The second-order valence-electron chi connectivity index (χ2n) is 3.86. The molecule has 82 valence electrons. The van der Waals surface area contributed by atoms with Crippen molar-refractivity contribution in [1.82, 2.24) is 5.32 Å². The molecule has 1 fully saturated rings. The summed E-state index contributed by atoms with van der Waals surface area (Å²) in [6.07, 6.45) is 3.26. The number of hydrogen-bond donors (Lipinski definition) is 1. The molecule has 1 atom stereocenters. The van der Waals surface area contributed by atoms with Gasteiger partial charge in [-0.25, -0.2) is 4.39 Å². The van der Waals surface area contributed by atoms with Gasteiger partial charge in [-0.15, -0.1) is 0 Å². The van der Waals surface area contributed by atoms with Crippen LogP contribution in [0.15, 0.2) is 16.6 Å². The van der Waals surface area contributed by atoms with E-state index in [4.69, 9.17) is 11.6 Å². The molecule has 1 N–H and O–H groups in total. The average molecular weight is 293 g/mol. The Morgan fingerprint density at radius 2 is 2.33 bits per heavy atom. The predicted molar refractivity (Wildman–Crippen MR) is 63.8 cm³/mol. The fourth-order valence-corrected chi connectivity index (χ4v) is 2.53. The Morgan fingerprint density at radius 1 is 1.53 bits per heavy atom. The Morgan fingerprint density at radius 3 is 3.00 bits per heavy atom. The standard InChI is InChI=1S/C11H12BrClFN/c12-9-5-7(10(13)6-11(9)14)4-8-2-1-3-15-8/h5-6,8,15H,1-4H2. The van der Waals surface area contributed by atoms with Crippen LogP contribution in [0.5, 0.6) is 0 Å². The molecule has 0 bridgehead atoms. The highest BCUT2D eigenvalue weighted by Crippen LogP contribution is 2.26.